The molecule has 0 radical (unpaired) electrons. The van der Waals surface area contributed by atoms with Crippen LogP contribution in [0, 0.1) is 0 Å². The van der Waals surface area contributed by atoms with Gasteiger partial charge in [-0.25, -0.2) is 4.98 Å². The Morgan fingerprint density at radius 1 is 1.25 bits per heavy atom. The molecule has 1 aromatic heterocycles. The summed E-state index contributed by atoms with van der Waals surface area (Å²) >= 11 is 0. The zero-order valence-electron chi connectivity index (χ0n) is 8.09. The fraction of sp³-hybridized carbons (Fsp3) is 0.444. The van der Waals surface area contributed by atoms with Gasteiger partial charge in [-0.3, -0.25) is 0 Å². The van der Waals surface area contributed by atoms with E-state index >= 15 is 0 Å². The zero-order chi connectivity index (χ0) is 9.19. The van der Waals surface area contributed by atoms with Crippen molar-refractivity contribution in [2.24, 2.45) is 0 Å². The van der Waals surface area contributed by atoms with Crippen molar-refractivity contribution < 1.29 is 4.74 Å². The molecule has 1 heterocycles. The standard InChI is InChI=1S/C9H15NOSi/c1-11-9-6-5-8(7-10-9)12(2,3)4/h5-7H,1-4H3. The van der Waals surface area contributed by atoms with E-state index in [4.69, 9.17) is 4.74 Å². The number of nitrogens with zero attached hydrogens (tertiary/aromatic N) is 1. The molecule has 66 valence electrons. The van der Waals surface area contributed by atoms with Crippen molar-refractivity contribution in [3.63, 3.8) is 0 Å². The Labute approximate surface area is 74.6 Å². The molecule has 3 heteroatoms. The molecule has 0 spiro atoms. The lowest BCUT2D eigenvalue weighted by Crippen LogP contribution is -2.37. The summed E-state index contributed by atoms with van der Waals surface area (Å²) in [5, 5.41) is 1.36. The molecule has 0 unspecified atom stereocenters. The lowest BCUT2D eigenvalue weighted by molar-refractivity contribution is 0.398. The first-order valence-electron chi connectivity index (χ1n) is 4.04. The Morgan fingerprint density at radius 2 is 1.92 bits per heavy atom. The van der Waals surface area contributed by atoms with Crippen LogP contribution in [0.2, 0.25) is 19.6 Å². The van der Waals surface area contributed by atoms with Crippen molar-refractivity contribution in [1.82, 2.24) is 4.98 Å². The molecule has 0 aromatic carbocycles. The van der Waals surface area contributed by atoms with E-state index in [1.54, 1.807) is 7.11 Å². The number of methoxy groups -OCH3 is 1. The highest BCUT2D eigenvalue weighted by Crippen LogP contribution is 2.05. The topological polar surface area (TPSA) is 22.1 Å². The van der Waals surface area contributed by atoms with Crippen LogP contribution in [-0.2, 0) is 0 Å². The van der Waals surface area contributed by atoms with Gasteiger partial charge in [-0.1, -0.05) is 25.7 Å². The predicted octanol–water partition coefficient (Wildman–Crippen LogP) is 1.64. The molecule has 1 aromatic rings. The Morgan fingerprint density at radius 3 is 2.25 bits per heavy atom. The van der Waals surface area contributed by atoms with Gasteiger partial charge in [0.05, 0.1) is 15.2 Å². The van der Waals surface area contributed by atoms with Crippen LogP contribution in [0.25, 0.3) is 0 Å². The molecule has 0 saturated carbocycles. The van der Waals surface area contributed by atoms with Gasteiger partial charge in [-0.15, -0.1) is 0 Å². The summed E-state index contributed by atoms with van der Waals surface area (Å²) in [7, 11) is 0.448. The monoisotopic (exact) mass is 181 g/mol. The summed E-state index contributed by atoms with van der Waals surface area (Å²) < 4.78 is 4.99. The van der Waals surface area contributed by atoms with Gasteiger partial charge in [-0.05, 0) is 5.19 Å². The molecule has 0 aliphatic heterocycles. The SMILES string of the molecule is COc1ccc([Si](C)(C)C)cn1. The largest absolute Gasteiger partial charge is 0.481 e. The highest BCUT2D eigenvalue weighted by atomic mass is 28.3. The number of hydrogen-bond acceptors (Lipinski definition) is 2. The minimum atomic E-state index is -1.19. The number of hydrogen-bond donors (Lipinski definition) is 0. The van der Waals surface area contributed by atoms with Gasteiger partial charge in [0, 0.05) is 12.3 Å². The van der Waals surface area contributed by atoms with Crippen LogP contribution in [-0.4, -0.2) is 20.2 Å². The normalized spacial score (nSPS) is 11.3. The molecular weight excluding hydrogens is 166 g/mol. The highest BCUT2D eigenvalue weighted by Gasteiger charge is 2.16. The molecule has 0 atom stereocenters. The second kappa shape index (κ2) is 3.27. The zero-order valence-corrected chi connectivity index (χ0v) is 9.09. The maximum absolute atomic E-state index is 4.99. The van der Waals surface area contributed by atoms with Crippen LogP contribution in [0.5, 0.6) is 5.88 Å². The molecule has 0 saturated heterocycles. The summed E-state index contributed by atoms with van der Waals surface area (Å²) in [5.41, 5.74) is 0. The van der Waals surface area contributed by atoms with Gasteiger partial charge in [0.1, 0.15) is 0 Å². The van der Waals surface area contributed by atoms with E-state index in [9.17, 15) is 0 Å². The molecule has 12 heavy (non-hydrogen) atoms. The van der Waals surface area contributed by atoms with E-state index in [-0.39, 0.29) is 0 Å². The van der Waals surface area contributed by atoms with Gasteiger partial charge in [-0.2, -0.15) is 0 Å². The van der Waals surface area contributed by atoms with Crippen molar-refractivity contribution >= 4 is 13.3 Å². The molecule has 0 amide bonds. The maximum atomic E-state index is 4.99. The summed E-state index contributed by atoms with van der Waals surface area (Å²) in [5.74, 6) is 0.692. The van der Waals surface area contributed by atoms with Gasteiger partial charge in [0.2, 0.25) is 5.88 Å². The highest BCUT2D eigenvalue weighted by molar-refractivity contribution is 6.88. The van der Waals surface area contributed by atoms with E-state index in [2.05, 4.69) is 30.7 Å². The molecule has 0 aliphatic carbocycles. The summed E-state index contributed by atoms with van der Waals surface area (Å²) in [6.45, 7) is 6.91. The fourth-order valence-electron chi connectivity index (χ4n) is 0.945. The predicted molar refractivity (Wildman–Crippen MR) is 53.8 cm³/mol. The van der Waals surface area contributed by atoms with Crippen molar-refractivity contribution in [3.8, 4) is 5.88 Å². The van der Waals surface area contributed by atoms with E-state index in [1.807, 2.05) is 12.3 Å². The Bertz CT molecular complexity index is 250. The summed E-state index contributed by atoms with van der Waals surface area (Å²) in [6.07, 6.45) is 1.92. The average molecular weight is 181 g/mol. The molecule has 1 rings (SSSR count). The fourth-order valence-corrected chi connectivity index (χ4v) is 1.98. The average Bonchev–Trinajstić information content (AvgIpc) is 2.03. The third kappa shape index (κ3) is 2.07. The van der Waals surface area contributed by atoms with Gasteiger partial charge >= 0.3 is 0 Å². The first kappa shape index (κ1) is 9.26. The van der Waals surface area contributed by atoms with Crippen LogP contribution in [0.3, 0.4) is 0 Å². The Kier molecular flexibility index (Phi) is 2.52. The van der Waals surface area contributed by atoms with Crippen LogP contribution >= 0.6 is 0 Å². The van der Waals surface area contributed by atoms with Crippen molar-refractivity contribution in [2.45, 2.75) is 19.6 Å². The van der Waals surface area contributed by atoms with Crippen molar-refractivity contribution in [2.75, 3.05) is 7.11 Å². The molecule has 0 bridgehead atoms. The number of aromatic nitrogens is 1. The summed E-state index contributed by atoms with van der Waals surface area (Å²) in [6, 6.07) is 4.03. The lowest BCUT2D eigenvalue weighted by atomic mass is 10.5. The number of rotatable bonds is 2. The van der Waals surface area contributed by atoms with Crippen molar-refractivity contribution in [1.29, 1.82) is 0 Å². The minimum Gasteiger partial charge on any atom is -0.481 e. The third-order valence-electron chi connectivity index (χ3n) is 1.81. The van der Waals surface area contributed by atoms with Gasteiger partial charge in [0.15, 0.2) is 0 Å². The van der Waals surface area contributed by atoms with E-state index in [1.165, 1.54) is 5.19 Å². The molecule has 0 N–H and O–H groups in total. The van der Waals surface area contributed by atoms with E-state index in [0.29, 0.717) is 5.88 Å². The first-order chi connectivity index (χ1) is 5.54. The summed E-state index contributed by atoms with van der Waals surface area (Å²) in [4.78, 5) is 4.18. The Hall–Kier alpha value is -0.833. The molecule has 0 fully saturated rings. The smallest absolute Gasteiger partial charge is 0.212 e. The van der Waals surface area contributed by atoms with Crippen LogP contribution in [0.15, 0.2) is 18.3 Å². The Balaban J connectivity index is 2.93. The second-order valence-corrected chi connectivity index (χ2v) is 8.92. The first-order valence-corrected chi connectivity index (χ1v) is 7.54. The van der Waals surface area contributed by atoms with E-state index < -0.39 is 8.07 Å². The maximum Gasteiger partial charge on any atom is 0.212 e. The molecular formula is C9H15NOSi. The van der Waals surface area contributed by atoms with Crippen molar-refractivity contribution in [3.05, 3.63) is 18.3 Å². The van der Waals surface area contributed by atoms with Crippen LogP contribution in [0.1, 0.15) is 0 Å². The molecule has 2 nitrogen and oxygen atoms in total. The third-order valence-corrected chi connectivity index (χ3v) is 3.84. The number of ether oxygens (including phenoxy) is 1. The van der Waals surface area contributed by atoms with Crippen LogP contribution < -0.4 is 9.92 Å². The van der Waals surface area contributed by atoms with Crippen LogP contribution in [0.4, 0.5) is 0 Å². The lowest BCUT2D eigenvalue weighted by Gasteiger charge is -2.15. The molecule has 0 aliphatic rings. The quantitative estimate of drug-likeness (QED) is 0.647. The number of pyridine rings is 1. The minimum absolute atomic E-state index is 0.692. The van der Waals surface area contributed by atoms with E-state index in [0.717, 1.165) is 0 Å². The second-order valence-electron chi connectivity index (χ2n) is 3.84. The van der Waals surface area contributed by atoms with Gasteiger partial charge < -0.3 is 4.74 Å². The van der Waals surface area contributed by atoms with Gasteiger partial charge in [0.25, 0.3) is 0 Å².